The average Bonchev–Trinajstić information content (AvgIpc) is 3.55. The molecule has 4 aromatic heterocycles. The minimum Gasteiger partial charge on any atom is -0.335 e. The molecule has 0 amide bonds. The van der Waals surface area contributed by atoms with Gasteiger partial charge in [-0.3, -0.25) is 15.1 Å². The molecule has 2 N–H and O–H groups in total. The number of pyridine rings is 1. The molecule has 5 rings (SSSR count). The van der Waals surface area contributed by atoms with Gasteiger partial charge in [0, 0.05) is 30.5 Å². The van der Waals surface area contributed by atoms with E-state index < -0.39 is 0 Å². The molecular formula is C25H25N9. The first-order valence-electron chi connectivity index (χ1n) is 10.9. The van der Waals surface area contributed by atoms with Crippen molar-refractivity contribution in [3.63, 3.8) is 0 Å². The summed E-state index contributed by atoms with van der Waals surface area (Å²) in [5.74, 6) is 0.664. The van der Waals surface area contributed by atoms with E-state index in [-0.39, 0.29) is 0 Å². The van der Waals surface area contributed by atoms with Gasteiger partial charge in [0.25, 0.3) is 0 Å². The third kappa shape index (κ3) is 4.04. The number of aliphatic imine (C=N–C) groups is 1. The van der Waals surface area contributed by atoms with Crippen molar-refractivity contribution in [1.29, 1.82) is 0 Å². The smallest absolute Gasteiger partial charge is 0.159 e. The number of aromatic nitrogens is 7. The second-order valence-corrected chi connectivity index (χ2v) is 8.28. The van der Waals surface area contributed by atoms with Crippen LogP contribution >= 0.6 is 0 Å². The second-order valence-electron chi connectivity index (χ2n) is 8.28. The van der Waals surface area contributed by atoms with E-state index in [0.717, 1.165) is 56.7 Å². The third-order valence-electron chi connectivity index (χ3n) is 5.47. The summed E-state index contributed by atoms with van der Waals surface area (Å²) < 4.78 is 1.92. The summed E-state index contributed by atoms with van der Waals surface area (Å²) in [5.41, 5.74) is 6.99. The average molecular weight is 452 g/mol. The van der Waals surface area contributed by atoms with Crippen LogP contribution in [0.25, 0.3) is 44.7 Å². The highest BCUT2D eigenvalue weighted by Crippen LogP contribution is 2.30. The Balaban J connectivity index is 1.56. The van der Waals surface area contributed by atoms with Crippen LogP contribution in [0.4, 0.5) is 0 Å². The predicted molar refractivity (Wildman–Crippen MR) is 136 cm³/mol. The van der Waals surface area contributed by atoms with Crippen molar-refractivity contribution in [2.75, 3.05) is 20.6 Å². The van der Waals surface area contributed by atoms with Gasteiger partial charge < -0.3 is 14.5 Å². The fourth-order valence-corrected chi connectivity index (χ4v) is 3.74. The molecule has 34 heavy (non-hydrogen) atoms. The van der Waals surface area contributed by atoms with E-state index in [0.29, 0.717) is 5.82 Å². The minimum absolute atomic E-state index is 0.664. The summed E-state index contributed by atoms with van der Waals surface area (Å²) >= 11 is 0. The third-order valence-corrected chi connectivity index (χ3v) is 5.47. The van der Waals surface area contributed by atoms with Gasteiger partial charge in [0.15, 0.2) is 5.82 Å². The Morgan fingerprint density at radius 3 is 2.88 bits per heavy atom. The molecule has 0 fully saturated rings. The Morgan fingerprint density at radius 1 is 1.24 bits per heavy atom. The quantitative estimate of drug-likeness (QED) is 0.286. The van der Waals surface area contributed by atoms with Crippen LogP contribution in [0.1, 0.15) is 11.3 Å². The SMILES string of the molecule is C=C/C(=C\N=C/CN(C)C)c1ccc2[nH]nc(-c3nc4c(-n5cnc(C)c5)cncc4[nH]3)c2c1. The van der Waals surface area contributed by atoms with Gasteiger partial charge in [-0.15, -0.1) is 0 Å². The van der Waals surface area contributed by atoms with E-state index in [9.17, 15) is 0 Å². The number of aryl methyl sites for hydroxylation is 1. The number of rotatable bonds is 7. The summed E-state index contributed by atoms with van der Waals surface area (Å²) in [6.07, 6.45) is 12.8. The number of aromatic amines is 2. The highest BCUT2D eigenvalue weighted by Gasteiger charge is 2.16. The molecule has 1 aromatic carbocycles. The maximum Gasteiger partial charge on any atom is 0.159 e. The highest BCUT2D eigenvalue weighted by molar-refractivity contribution is 5.96. The van der Waals surface area contributed by atoms with Crippen LogP contribution in [0.15, 0.2) is 67.0 Å². The molecule has 0 aliphatic carbocycles. The molecule has 0 bridgehead atoms. The Bertz CT molecular complexity index is 1550. The van der Waals surface area contributed by atoms with Gasteiger partial charge in [-0.05, 0) is 44.3 Å². The van der Waals surface area contributed by atoms with E-state index in [1.807, 2.05) is 56.3 Å². The molecule has 0 radical (unpaired) electrons. The number of fused-ring (bicyclic) bond motifs is 2. The van der Waals surface area contributed by atoms with Crippen LogP contribution in [0.5, 0.6) is 0 Å². The second kappa shape index (κ2) is 8.87. The summed E-state index contributed by atoms with van der Waals surface area (Å²) in [5, 5.41) is 8.61. The maximum atomic E-state index is 4.87. The van der Waals surface area contributed by atoms with E-state index in [2.05, 4.69) is 47.7 Å². The molecule has 0 saturated heterocycles. The standard InChI is InChI=1S/C25H25N9/c1-5-17(11-26-8-9-33(3)4)18-6-7-20-19(10-18)23(32-31-20)25-29-21-12-27-13-22(24(21)30-25)34-14-16(2)28-15-34/h5-8,10-15H,1,9H2,2-4H3,(H,29,30)(H,31,32)/b17-11+,26-8-. The molecule has 4 heterocycles. The summed E-state index contributed by atoms with van der Waals surface area (Å²) in [6, 6.07) is 6.11. The van der Waals surface area contributed by atoms with Crippen LogP contribution < -0.4 is 0 Å². The number of hydrogen-bond acceptors (Lipinski definition) is 6. The normalized spacial score (nSPS) is 12.5. The zero-order valence-electron chi connectivity index (χ0n) is 19.3. The van der Waals surface area contributed by atoms with Crippen molar-refractivity contribution < 1.29 is 0 Å². The van der Waals surface area contributed by atoms with E-state index in [1.165, 1.54) is 0 Å². The summed E-state index contributed by atoms with van der Waals surface area (Å²) in [7, 11) is 4.01. The Morgan fingerprint density at radius 2 is 2.12 bits per heavy atom. The molecule has 9 heteroatoms. The van der Waals surface area contributed by atoms with Crippen molar-refractivity contribution in [2.45, 2.75) is 6.92 Å². The van der Waals surface area contributed by atoms with E-state index in [1.54, 1.807) is 24.8 Å². The number of nitrogens with zero attached hydrogens (tertiary/aromatic N) is 7. The van der Waals surface area contributed by atoms with Gasteiger partial charge >= 0.3 is 0 Å². The van der Waals surface area contributed by atoms with Gasteiger partial charge in [-0.1, -0.05) is 18.7 Å². The number of nitrogens with one attached hydrogen (secondary N) is 2. The predicted octanol–water partition coefficient (Wildman–Crippen LogP) is 4.15. The lowest BCUT2D eigenvalue weighted by Crippen LogP contribution is -2.13. The lowest BCUT2D eigenvalue weighted by molar-refractivity contribution is 0.473. The lowest BCUT2D eigenvalue weighted by Gasteiger charge is -2.04. The van der Waals surface area contributed by atoms with Crippen molar-refractivity contribution in [1.82, 2.24) is 39.6 Å². The monoisotopic (exact) mass is 451 g/mol. The summed E-state index contributed by atoms with van der Waals surface area (Å²) in [4.78, 5) is 23.4. The highest BCUT2D eigenvalue weighted by atomic mass is 15.1. The molecule has 0 unspecified atom stereocenters. The number of benzene rings is 1. The number of imidazole rings is 2. The molecule has 5 aromatic rings. The van der Waals surface area contributed by atoms with Crippen LogP contribution in [0, 0.1) is 6.92 Å². The number of H-pyrrole nitrogens is 2. The number of allylic oxidation sites excluding steroid dienone is 2. The van der Waals surface area contributed by atoms with Crippen LogP contribution in [0.3, 0.4) is 0 Å². The maximum absolute atomic E-state index is 4.87. The molecule has 9 nitrogen and oxygen atoms in total. The van der Waals surface area contributed by atoms with Crippen LogP contribution in [-0.4, -0.2) is 66.5 Å². The first-order valence-corrected chi connectivity index (χ1v) is 10.9. The number of hydrogen-bond donors (Lipinski definition) is 2. The van der Waals surface area contributed by atoms with Crippen molar-refractivity contribution >= 4 is 33.7 Å². The molecule has 0 aliphatic rings. The van der Waals surface area contributed by atoms with Crippen LogP contribution in [-0.2, 0) is 0 Å². The van der Waals surface area contributed by atoms with Gasteiger partial charge in [-0.25, -0.2) is 9.97 Å². The largest absolute Gasteiger partial charge is 0.335 e. The fourth-order valence-electron chi connectivity index (χ4n) is 3.74. The zero-order valence-corrected chi connectivity index (χ0v) is 19.3. The van der Waals surface area contributed by atoms with Crippen molar-refractivity contribution in [3.8, 4) is 17.2 Å². The molecule has 0 aliphatic heterocycles. The first-order chi connectivity index (χ1) is 16.5. The zero-order chi connectivity index (χ0) is 23.7. The van der Waals surface area contributed by atoms with Gasteiger partial charge in [0.05, 0.1) is 41.1 Å². The van der Waals surface area contributed by atoms with E-state index >= 15 is 0 Å². The molecular weight excluding hydrogens is 426 g/mol. The van der Waals surface area contributed by atoms with Crippen LogP contribution in [0.2, 0.25) is 0 Å². The topological polar surface area (TPSA) is 104 Å². The van der Waals surface area contributed by atoms with E-state index in [4.69, 9.17) is 4.98 Å². The molecule has 0 spiro atoms. The van der Waals surface area contributed by atoms with Gasteiger partial charge in [0.2, 0.25) is 0 Å². The molecule has 170 valence electrons. The molecule has 0 atom stereocenters. The first kappa shape index (κ1) is 21.5. The van der Waals surface area contributed by atoms with Crippen molar-refractivity contribution in [2.24, 2.45) is 4.99 Å². The molecule has 0 saturated carbocycles. The minimum atomic E-state index is 0.664. The summed E-state index contributed by atoms with van der Waals surface area (Å²) in [6.45, 7) is 6.68. The lowest BCUT2D eigenvalue weighted by atomic mass is 10.0. The van der Waals surface area contributed by atoms with Gasteiger partial charge in [0.1, 0.15) is 11.2 Å². The Kier molecular flexibility index (Phi) is 5.60. The Hall–Kier alpha value is -4.37. The van der Waals surface area contributed by atoms with Crippen molar-refractivity contribution in [3.05, 3.63) is 73.2 Å². The fraction of sp³-hybridized carbons (Fsp3) is 0.160. The Labute approximate surface area is 196 Å². The van der Waals surface area contributed by atoms with Gasteiger partial charge in [-0.2, -0.15) is 5.10 Å².